The molecule has 1 aromatic heterocycles. The molecule has 0 saturated heterocycles. The van der Waals surface area contributed by atoms with Crippen LogP contribution in [0.5, 0.6) is 0 Å². The number of rotatable bonds is 5. The smallest absolute Gasteiger partial charge is 0.204 e. The quantitative estimate of drug-likeness (QED) is 0.799. The van der Waals surface area contributed by atoms with Gasteiger partial charge in [0.15, 0.2) is 5.15 Å². The van der Waals surface area contributed by atoms with E-state index in [0.717, 1.165) is 5.69 Å². The third-order valence-electron chi connectivity index (χ3n) is 1.89. The lowest BCUT2D eigenvalue weighted by Gasteiger charge is -2.04. The highest BCUT2D eigenvalue weighted by molar-refractivity contribution is 6.32. The highest BCUT2D eigenvalue weighted by atomic mass is 35.5. The van der Waals surface area contributed by atoms with Gasteiger partial charge in [-0.05, 0) is 24.6 Å². The number of imidazole rings is 1. The maximum atomic E-state index is 11.8. The second-order valence-electron chi connectivity index (χ2n) is 2.90. The largest absolute Gasteiger partial charge is 0.319 e. The summed E-state index contributed by atoms with van der Waals surface area (Å²) in [5, 5.41) is 3.81. The van der Waals surface area contributed by atoms with Gasteiger partial charge in [0.2, 0.25) is 5.28 Å². The minimum atomic E-state index is -0.313. The Labute approximate surface area is 92.2 Å². The SMILES string of the molecule is Cn1c(Cl)nc(Cl)c1CNCCCF. The fourth-order valence-corrected chi connectivity index (χ4v) is 1.56. The Bertz CT molecular complexity index is 301. The third-order valence-corrected chi connectivity index (χ3v) is 2.53. The summed E-state index contributed by atoms with van der Waals surface area (Å²) in [5.41, 5.74) is 0.815. The van der Waals surface area contributed by atoms with Crippen LogP contribution in [0.15, 0.2) is 0 Å². The molecule has 80 valence electrons. The molecule has 1 aromatic rings. The van der Waals surface area contributed by atoms with Crippen LogP contribution in [0.3, 0.4) is 0 Å². The standard InChI is InChI=1S/C8H12Cl2FN3/c1-14-6(5-12-4-2-3-11)7(9)13-8(14)10/h12H,2-5H2,1H3. The molecule has 3 nitrogen and oxygen atoms in total. The van der Waals surface area contributed by atoms with Crippen LogP contribution in [0.25, 0.3) is 0 Å². The second kappa shape index (κ2) is 5.53. The summed E-state index contributed by atoms with van der Waals surface area (Å²) in [6.07, 6.45) is 0.503. The van der Waals surface area contributed by atoms with E-state index in [2.05, 4.69) is 10.3 Å². The summed E-state index contributed by atoms with van der Waals surface area (Å²) >= 11 is 11.6. The van der Waals surface area contributed by atoms with Gasteiger partial charge in [0.05, 0.1) is 12.4 Å². The Morgan fingerprint density at radius 2 is 2.21 bits per heavy atom. The maximum absolute atomic E-state index is 11.8. The van der Waals surface area contributed by atoms with Crippen molar-refractivity contribution in [3.63, 3.8) is 0 Å². The van der Waals surface area contributed by atoms with E-state index in [1.807, 2.05) is 0 Å². The minimum absolute atomic E-state index is 0.313. The van der Waals surface area contributed by atoms with Crippen LogP contribution in [0.4, 0.5) is 4.39 Å². The lowest BCUT2D eigenvalue weighted by atomic mass is 10.4. The van der Waals surface area contributed by atoms with E-state index in [9.17, 15) is 4.39 Å². The molecule has 0 fully saturated rings. The number of hydrogen-bond donors (Lipinski definition) is 1. The zero-order chi connectivity index (χ0) is 10.6. The van der Waals surface area contributed by atoms with Crippen molar-refractivity contribution < 1.29 is 4.39 Å². The normalized spacial score (nSPS) is 10.9. The van der Waals surface area contributed by atoms with E-state index in [1.165, 1.54) is 0 Å². The number of aromatic nitrogens is 2. The summed E-state index contributed by atoms with van der Waals surface area (Å²) < 4.78 is 13.5. The summed E-state index contributed by atoms with van der Waals surface area (Å²) in [6, 6.07) is 0. The maximum Gasteiger partial charge on any atom is 0.204 e. The molecular formula is C8H12Cl2FN3. The van der Waals surface area contributed by atoms with Crippen molar-refractivity contribution in [2.24, 2.45) is 7.05 Å². The zero-order valence-electron chi connectivity index (χ0n) is 7.86. The van der Waals surface area contributed by atoms with E-state index >= 15 is 0 Å². The van der Waals surface area contributed by atoms with Gasteiger partial charge in [0, 0.05) is 13.6 Å². The summed E-state index contributed by atoms with van der Waals surface area (Å²) in [5.74, 6) is 0. The Kier molecular flexibility index (Phi) is 4.65. The van der Waals surface area contributed by atoms with Crippen LogP contribution in [0.2, 0.25) is 10.4 Å². The van der Waals surface area contributed by atoms with Crippen molar-refractivity contribution in [1.29, 1.82) is 0 Å². The number of halogens is 3. The molecule has 0 amide bonds. The summed E-state index contributed by atoms with van der Waals surface area (Å²) in [4.78, 5) is 3.89. The predicted molar refractivity (Wildman–Crippen MR) is 55.5 cm³/mol. The predicted octanol–water partition coefficient (Wildman–Crippen LogP) is 2.18. The molecule has 14 heavy (non-hydrogen) atoms. The first-order valence-electron chi connectivity index (χ1n) is 4.30. The molecule has 0 unspecified atom stereocenters. The lowest BCUT2D eigenvalue weighted by molar-refractivity contribution is 0.458. The van der Waals surface area contributed by atoms with Crippen molar-refractivity contribution in [3.05, 3.63) is 16.1 Å². The number of nitrogens with zero attached hydrogens (tertiary/aromatic N) is 2. The highest BCUT2D eigenvalue weighted by Gasteiger charge is 2.10. The molecule has 0 spiro atoms. The van der Waals surface area contributed by atoms with Gasteiger partial charge in [-0.1, -0.05) is 11.6 Å². The molecule has 1 N–H and O–H groups in total. The molecule has 6 heteroatoms. The fraction of sp³-hybridized carbons (Fsp3) is 0.625. The minimum Gasteiger partial charge on any atom is -0.319 e. The lowest BCUT2D eigenvalue weighted by Crippen LogP contribution is -2.17. The monoisotopic (exact) mass is 239 g/mol. The molecule has 0 radical (unpaired) electrons. The molecule has 0 aromatic carbocycles. The van der Waals surface area contributed by atoms with Gasteiger partial charge in [-0.25, -0.2) is 4.98 Å². The number of alkyl halides is 1. The van der Waals surface area contributed by atoms with E-state index in [0.29, 0.717) is 29.9 Å². The van der Waals surface area contributed by atoms with Gasteiger partial charge in [-0.15, -0.1) is 0 Å². The van der Waals surface area contributed by atoms with Crippen LogP contribution < -0.4 is 5.32 Å². The van der Waals surface area contributed by atoms with Crippen LogP contribution in [-0.2, 0) is 13.6 Å². The number of hydrogen-bond acceptors (Lipinski definition) is 2. The van der Waals surface area contributed by atoms with Crippen LogP contribution >= 0.6 is 23.2 Å². The van der Waals surface area contributed by atoms with Gasteiger partial charge in [0.1, 0.15) is 0 Å². The first kappa shape index (κ1) is 11.8. The van der Waals surface area contributed by atoms with Crippen molar-refractivity contribution in [1.82, 2.24) is 14.9 Å². The Balaban J connectivity index is 2.49. The topological polar surface area (TPSA) is 29.9 Å². The summed E-state index contributed by atoms with van der Waals surface area (Å²) in [7, 11) is 1.79. The zero-order valence-corrected chi connectivity index (χ0v) is 9.37. The van der Waals surface area contributed by atoms with Crippen LogP contribution in [0.1, 0.15) is 12.1 Å². The summed E-state index contributed by atoms with van der Waals surface area (Å²) in [6.45, 7) is 0.859. The molecule has 1 heterocycles. The van der Waals surface area contributed by atoms with E-state index < -0.39 is 0 Å². The van der Waals surface area contributed by atoms with Crippen LogP contribution in [-0.4, -0.2) is 22.8 Å². The average molecular weight is 240 g/mol. The number of nitrogens with one attached hydrogen (secondary N) is 1. The van der Waals surface area contributed by atoms with Gasteiger partial charge >= 0.3 is 0 Å². The second-order valence-corrected chi connectivity index (χ2v) is 3.59. The molecule has 0 saturated carbocycles. The van der Waals surface area contributed by atoms with E-state index in [-0.39, 0.29) is 6.67 Å². The van der Waals surface area contributed by atoms with E-state index in [1.54, 1.807) is 11.6 Å². The fourth-order valence-electron chi connectivity index (χ4n) is 1.06. The highest BCUT2D eigenvalue weighted by Crippen LogP contribution is 2.18. The molecule has 0 bridgehead atoms. The van der Waals surface area contributed by atoms with Gasteiger partial charge in [-0.2, -0.15) is 0 Å². The molecule has 0 aliphatic rings. The van der Waals surface area contributed by atoms with Crippen molar-refractivity contribution >= 4 is 23.2 Å². The molecule has 0 aliphatic carbocycles. The van der Waals surface area contributed by atoms with Gasteiger partial charge < -0.3 is 9.88 Å². The first-order chi connectivity index (χ1) is 6.66. The molecule has 0 atom stereocenters. The van der Waals surface area contributed by atoms with Gasteiger partial charge in [0.25, 0.3) is 0 Å². The molecule has 0 aliphatic heterocycles. The first-order valence-corrected chi connectivity index (χ1v) is 5.05. The van der Waals surface area contributed by atoms with E-state index in [4.69, 9.17) is 23.2 Å². The van der Waals surface area contributed by atoms with Crippen molar-refractivity contribution in [2.45, 2.75) is 13.0 Å². The average Bonchev–Trinajstić information content (AvgIpc) is 2.38. The Morgan fingerprint density at radius 1 is 1.50 bits per heavy atom. The molecular weight excluding hydrogens is 228 g/mol. The third kappa shape index (κ3) is 2.83. The Hall–Kier alpha value is -0.320. The van der Waals surface area contributed by atoms with Crippen LogP contribution in [0, 0.1) is 0 Å². The molecule has 1 rings (SSSR count). The van der Waals surface area contributed by atoms with Crippen molar-refractivity contribution in [2.75, 3.05) is 13.2 Å². The van der Waals surface area contributed by atoms with Gasteiger partial charge in [-0.3, -0.25) is 4.39 Å². The Morgan fingerprint density at radius 3 is 2.71 bits per heavy atom. The van der Waals surface area contributed by atoms with Crippen molar-refractivity contribution in [3.8, 4) is 0 Å².